The summed E-state index contributed by atoms with van der Waals surface area (Å²) in [6, 6.07) is 12.5. The third-order valence-corrected chi connectivity index (χ3v) is 5.30. The SMILES string of the molecule is CCOc1ccc(-c2nc3sc(=Cc4ccc(OC(C)=O)c(OC)c4)c(=O)n3n2)cc1. The Labute approximate surface area is 181 Å². The van der Waals surface area contributed by atoms with E-state index in [9.17, 15) is 9.59 Å². The highest BCUT2D eigenvalue weighted by molar-refractivity contribution is 7.15. The number of benzene rings is 2. The van der Waals surface area contributed by atoms with Crippen LogP contribution in [0, 0.1) is 0 Å². The van der Waals surface area contributed by atoms with Gasteiger partial charge >= 0.3 is 5.97 Å². The molecule has 0 fully saturated rings. The Bertz CT molecular complexity index is 1360. The van der Waals surface area contributed by atoms with Crippen LogP contribution in [0.5, 0.6) is 17.2 Å². The van der Waals surface area contributed by atoms with E-state index < -0.39 is 5.97 Å². The zero-order chi connectivity index (χ0) is 22.0. The third-order valence-electron chi connectivity index (χ3n) is 4.34. The normalized spacial score (nSPS) is 11.6. The van der Waals surface area contributed by atoms with E-state index >= 15 is 0 Å². The summed E-state index contributed by atoms with van der Waals surface area (Å²) >= 11 is 1.24. The largest absolute Gasteiger partial charge is 0.494 e. The Balaban J connectivity index is 1.67. The molecule has 0 N–H and O–H groups in total. The Morgan fingerprint density at radius 1 is 1.16 bits per heavy atom. The second-order valence-electron chi connectivity index (χ2n) is 6.51. The molecule has 4 rings (SSSR count). The minimum Gasteiger partial charge on any atom is -0.494 e. The number of esters is 1. The standard InChI is InChI=1S/C22H19N3O5S/c1-4-29-16-8-6-15(7-9-16)20-23-22-25(24-20)21(27)19(31-22)12-14-5-10-17(30-13(2)26)18(11-14)28-3/h5-12H,4H2,1-3H3. The number of carbonyl (C=O) groups excluding carboxylic acids is 1. The van der Waals surface area contributed by atoms with E-state index in [0.717, 1.165) is 16.9 Å². The summed E-state index contributed by atoms with van der Waals surface area (Å²) in [5.74, 6) is 1.52. The van der Waals surface area contributed by atoms with Crippen molar-refractivity contribution in [2.45, 2.75) is 13.8 Å². The van der Waals surface area contributed by atoms with Crippen LogP contribution in [0.25, 0.3) is 22.4 Å². The Hall–Kier alpha value is -3.72. The van der Waals surface area contributed by atoms with Gasteiger partial charge in [-0.25, -0.2) is 0 Å². The van der Waals surface area contributed by atoms with E-state index in [-0.39, 0.29) is 5.56 Å². The highest BCUT2D eigenvalue weighted by Crippen LogP contribution is 2.28. The maximum atomic E-state index is 12.8. The molecule has 2 aromatic carbocycles. The van der Waals surface area contributed by atoms with Crippen LogP contribution in [0.3, 0.4) is 0 Å². The molecule has 2 aromatic heterocycles. The molecule has 0 bridgehead atoms. The number of aromatic nitrogens is 3. The van der Waals surface area contributed by atoms with Crippen LogP contribution in [0.15, 0.2) is 47.3 Å². The van der Waals surface area contributed by atoms with E-state index in [2.05, 4.69) is 10.1 Å². The quantitative estimate of drug-likeness (QED) is 0.338. The van der Waals surface area contributed by atoms with E-state index in [1.807, 2.05) is 31.2 Å². The fourth-order valence-corrected chi connectivity index (χ4v) is 3.90. The minimum absolute atomic E-state index is 0.257. The van der Waals surface area contributed by atoms with Crippen LogP contribution in [-0.4, -0.2) is 34.3 Å². The summed E-state index contributed by atoms with van der Waals surface area (Å²) in [6.07, 6.45) is 1.72. The minimum atomic E-state index is -0.439. The molecule has 2 heterocycles. The van der Waals surface area contributed by atoms with E-state index in [4.69, 9.17) is 14.2 Å². The van der Waals surface area contributed by atoms with Gasteiger partial charge in [-0.15, -0.1) is 5.10 Å². The second kappa shape index (κ2) is 8.57. The van der Waals surface area contributed by atoms with Gasteiger partial charge in [-0.2, -0.15) is 9.50 Å². The lowest BCUT2D eigenvalue weighted by Gasteiger charge is -2.08. The summed E-state index contributed by atoms with van der Waals surface area (Å²) in [5, 5.41) is 4.36. The van der Waals surface area contributed by atoms with E-state index in [0.29, 0.717) is 33.4 Å². The number of carbonyl (C=O) groups is 1. The van der Waals surface area contributed by atoms with Crippen LogP contribution in [0.1, 0.15) is 19.4 Å². The molecule has 0 saturated heterocycles. The van der Waals surface area contributed by atoms with Crippen molar-refractivity contribution in [1.29, 1.82) is 0 Å². The first-order chi connectivity index (χ1) is 15.0. The topological polar surface area (TPSA) is 92.0 Å². The second-order valence-corrected chi connectivity index (χ2v) is 7.52. The average Bonchev–Trinajstić information content (AvgIpc) is 3.29. The van der Waals surface area contributed by atoms with Crippen LogP contribution < -0.4 is 24.3 Å². The highest BCUT2D eigenvalue weighted by Gasteiger charge is 2.13. The maximum absolute atomic E-state index is 12.8. The number of rotatable bonds is 6. The zero-order valence-electron chi connectivity index (χ0n) is 17.1. The van der Waals surface area contributed by atoms with Gasteiger partial charge in [0.15, 0.2) is 17.3 Å². The smallest absolute Gasteiger partial charge is 0.308 e. The van der Waals surface area contributed by atoms with Gasteiger partial charge in [-0.3, -0.25) is 9.59 Å². The van der Waals surface area contributed by atoms with Gasteiger partial charge < -0.3 is 14.2 Å². The van der Waals surface area contributed by atoms with Crippen molar-refractivity contribution in [2.75, 3.05) is 13.7 Å². The molecule has 158 valence electrons. The van der Waals surface area contributed by atoms with E-state index in [1.165, 1.54) is 29.9 Å². The third kappa shape index (κ3) is 4.26. The van der Waals surface area contributed by atoms with Crippen LogP contribution in [0.2, 0.25) is 0 Å². The number of hydrogen-bond donors (Lipinski definition) is 0. The van der Waals surface area contributed by atoms with Gasteiger partial charge in [-0.1, -0.05) is 17.4 Å². The molecule has 0 radical (unpaired) electrons. The lowest BCUT2D eigenvalue weighted by Crippen LogP contribution is -2.23. The van der Waals surface area contributed by atoms with Gasteiger partial charge in [0.05, 0.1) is 18.2 Å². The van der Waals surface area contributed by atoms with Crippen LogP contribution in [0.4, 0.5) is 0 Å². The molecule has 0 unspecified atom stereocenters. The van der Waals surface area contributed by atoms with Crippen molar-refractivity contribution >= 4 is 28.3 Å². The van der Waals surface area contributed by atoms with E-state index in [1.54, 1.807) is 24.3 Å². The van der Waals surface area contributed by atoms with Crippen molar-refractivity contribution < 1.29 is 19.0 Å². The number of fused-ring (bicyclic) bond motifs is 1. The Kier molecular flexibility index (Phi) is 5.68. The van der Waals surface area contributed by atoms with Crippen molar-refractivity contribution in [3.8, 4) is 28.6 Å². The molecule has 9 heteroatoms. The van der Waals surface area contributed by atoms with Crippen LogP contribution >= 0.6 is 11.3 Å². The number of thiazole rings is 1. The zero-order valence-corrected chi connectivity index (χ0v) is 17.9. The van der Waals surface area contributed by atoms with Crippen LogP contribution in [-0.2, 0) is 4.79 Å². The first-order valence-corrected chi connectivity index (χ1v) is 10.3. The summed E-state index contributed by atoms with van der Waals surface area (Å²) in [6.45, 7) is 3.84. The molecule has 0 aliphatic rings. The Morgan fingerprint density at radius 3 is 2.58 bits per heavy atom. The molecule has 0 amide bonds. The molecule has 8 nitrogen and oxygen atoms in total. The first-order valence-electron chi connectivity index (χ1n) is 9.49. The fourth-order valence-electron chi connectivity index (χ4n) is 2.99. The first kappa shape index (κ1) is 20.5. The van der Waals surface area contributed by atoms with Crippen molar-refractivity contribution in [2.24, 2.45) is 0 Å². The number of nitrogens with zero attached hydrogens (tertiary/aromatic N) is 3. The highest BCUT2D eigenvalue weighted by atomic mass is 32.1. The molecule has 0 aliphatic heterocycles. The lowest BCUT2D eigenvalue weighted by molar-refractivity contribution is -0.132. The lowest BCUT2D eigenvalue weighted by atomic mass is 10.2. The molecule has 0 atom stereocenters. The van der Waals surface area contributed by atoms with Gasteiger partial charge in [0.2, 0.25) is 4.96 Å². The van der Waals surface area contributed by atoms with Gasteiger partial charge in [0.1, 0.15) is 5.75 Å². The predicted molar refractivity (Wildman–Crippen MR) is 117 cm³/mol. The predicted octanol–water partition coefficient (Wildman–Crippen LogP) is 2.70. The number of hydrogen-bond acceptors (Lipinski definition) is 8. The molecule has 0 aliphatic carbocycles. The fraction of sp³-hybridized carbons (Fsp3) is 0.182. The summed E-state index contributed by atoms with van der Waals surface area (Å²) in [7, 11) is 1.48. The van der Waals surface area contributed by atoms with Gasteiger partial charge in [0, 0.05) is 12.5 Å². The molecule has 31 heavy (non-hydrogen) atoms. The summed E-state index contributed by atoms with van der Waals surface area (Å²) < 4.78 is 17.6. The number of methoxy groups -OCH3 is 1. The average molecular weight is 437 g/mol. The molecular weight excluding hydrogens is 418 g/mol. The van der Waals surface area contributed by atoms with Gasteiger partial charge in [-0.05, 0) is 55.0 Å². The molecule has 4 aromatic rings. The monoisotopic (exact) mass is 437 g/mol. The summed E-state index contributed by atoms with van der Waals surface area (Å²) in [4.78, 5) is 29.0. The van der Waals surface area contributed by atoms with Crippen molar-refractivity contribution in [1.82, 2.24) is 14.6 Å². The summed E-state index contributed by atoms with van der Waals surface area (Å²) in [5.41, 5.74) is 1.27. The number of ether oxygens (including phenoxy) is 3. The molecule has 0 spiro atoms. The van der Waals surface area contributed by atoms with Gasteiger partial charge in [0.25, 0.3) is 5.56 Å². The molecule has 0 saturated carbocycles. The van der Waals surface area contributed by atoms with Crippen molar-refractivity contribution in [3.05, 3.63) is 62.9 Å². The Morgan fingerprint density at radius 2 is 1.94 bits per heavy atom. The molecular formula is C22H19N3O5S. The maximum Gasteiger partial charge on any atom is 0.308 e. The van der Waals surface area contributed by atoms with Crippen molar-refractivity contribution in [3.63, 3.8) is 0 Å².